The molecule has 2 heterocycles. The van der Waals surface area contributed by atoms with E-state index in [9.17, 15) is 9.18 Å². The van der Waals surface area contributed by atoms with E-state index in [0.29, 0.717) is 17.8 Å². The van der Waals surface area contributed by atoms with Gasteiger partial charge < -0.3 is 14.6 Å². The molecule has 5 nitrogen and oxygen atoms in total. The topological polar surface area (TPSA) is 46.5 Å². The Hall–Kier alpha value is -2.96. The smallest absolute Gasteiger partial charge is 0.253 e. The molecule has 4 rings (SSSR count). The molecule has 162 valence electrons. The number of benzene rings is 2. The molecule has 1 saturated heterocycles. The molecule has 1 aromatic heterocycles. The van der Waals surface area contributed by atoms with Crippen LogP contribution in [0.5, 0.6) is 0 Å². The van der Waals surface area contributed by atoms with Crippen molar-refractivity contribution in [1.29, 1.82) is 0 Å². The van der Waals surface area contributed by atoms with Crippen LogP contribution in [-0.2, 0) is 4.74 Å². The Bertz CT molecular complexity index is 1030. The van der Waals surface area contributed by atoms with Gasteiger partial charge in [-0.25, -0.2) is 4.39 Å². The summed E-state index contributed by atoms with van der Waals surface area (Å²) in [7, 11) is 0. The summed E-state index contributed by atoms with van der Waals surface area (Å²) in [6, 6.07) is 18.3. The fourth-order valence-electron chi connectivity index (χ4n) is 4.03. The minimum atomic E-state index is -0.323. The lowest BCUT2D eigenvalue weighted by molar-refractivity contribution is 0.0374. The van der Waals surface area contributed by atoms with Gasteiger partial charge in [0.05, 0.1) is 30.2 Å². The van der Waals surface area contributed by atoms with Gasteiger partial charge >= 0.3 is 0 Å². The molecule has 0 bridgehead atoms. The Labute approximate surface area is 182 Å². The quantitative estimate of drug-likeness (QED) is 0.586. The number of rotatable bonds is 7. The third-order valence-corrected chi connectivity index (χ3v) is 5.70. The molecule has 1 N–H and O–H groups in total. The second kappa shape index (κ2) is 9.90. The standard InChI is InChI=1S/C25H28FN3O2/c1-19-21(25(30)27-12-7-13-28-14-16-31-17-15-28)18-24(20-8-3-2-4-9-20)29(19)23-11-6-5-10-22(23)26/h2-6,8-11,18H,7,12-17H2,1H3,(H,27,30). The summed E-state index contributed by atoms with van der Waals surface area (Å²) in [6.45, 7) is 6.84. The first-order valence-electron chi connectivity index (χ1n) is 10.8. The van der Waals surface area contributed by atoms with Crippen molar-refractivity contribution in [3.63, 3.8) is 0 Å². The zero-order valence-electron chi connectivity index (χ0n) is 17.8. The van der Waals surface area contributed by atoms with Crippen LogP contribution < -0.4 is 5.32 Å². The van der Waals surface area contributed by atoms with Gasteiger partial charge in [-0.2, -0.15) is 0 Å². The molecule has 31 heavy (non-hydrogen) atoms. The summed E-state index contributed by atoms with van der Waals surface area (Å²) >= 11 is 0. The summed E-state index contributed by atoms with van der Waals surface area (Å²) < 4.78 is 21.8. The van der Waals surface area contributed by atoms with Crippen LogP contribution in [0.3, 0.4) is 0 Å². The van der Waals surface area contributed by atoms with Crippen LogP contribution in [0.15, 0.2) is 60.7 Å². The highest BCUT2D eigenvalue weighted by Crippen LogP contribution is 2.30. The van der Waals surface area contributed by atoms with Gasteiger partial charge in [0.2, 0.25) is 0 Å². The highest BCUT2D eigenvalue weighted by atomic mass is 19.1. The number of amides is 1. The fourth-order valence-corrected chi connectivity index (χ4v) is 4.03. The van der Waals surface area contributed by atoms with E-state index in [1.54, 1.807) is 18.2 Å². The number of aromatic nitrogens is 1. The van der Waals surface area contributed by atoms with Crippen molar-refractivity contribution in [3.8, 4) is 16.9 Å². The lowest BCUT2D eigenvalue weighted by atomic mass is 10.1. The molecule has 0 spiro atoms. The van der Waals surface area contributed by atoms with Crippen LogP contribution in [-0.4, -0.2) is 54.8 Å². The van der Waals surface area contributed by atoms with Crippen molar-refractivity contribution < 1.29 is 13.9 Å². The van der Waals surface area contributed by atoms with Gasteiger partial charge in [-0.15, -0.1) is 0 Å². The van der Waals surface area contributed by atoms with Crippen molar-refractivity contribution in [2.75, 3.05) is 39.4 Å². The second-order valence-corrected chi connectivity index (χ2v) is 7.74. The molecular weight excluding hydrogens is 393 g/mol. The zero-order valence-corrected chi connectivity index (χ0v) is 17.8. The maximum Gasteiger partial charge on any atom is 0.253 e. The molecule has 0 saturated carbocycles. The maximum atomic E-state index is 14.7. The average molecular weight is 422 g/mol. The monoisotopic (exact) mass is 421 g/mol. The molecule has 1 aliphatic heterocycles. The van der Waals surface area contributed by atoms with Crippen molar-refractivity contribution >= 4 is 5.91 Å². The predicted molar refractivity (Wildman–Crippen MR) is 120 cm³/mol. The van der Waals surface area contributed by atoms with Gasteiger partial charge in [-0.3, -0.25) is 9.69 Å². The van der Waals surface area contributed by atoms with E-state index in [-0.39, 0.29) is 11.7 Å². The molecule has 0 radical (unpaired) electrons. The lowest BCUT2D eigenvalue weighted by Gasteiger charge is -2.26. The first-order valence-corrected chi connectivity index (χ1v) is 10.8. The molecule has 0 unspecified atom stereocenters. The van der Waals surface area contributed by atoms with Crippen molar-refractivity contribution in [1.82, 2.24) is 14.8 Å². The van der Waals surface area contributed by atoms with Crippen LogP contribution in [0.2, 0.25) is 0 Å². The third-order valence-electron chi connectivity index (χ3n) is 5.70. The predicted octanol–water partition coefficient (Wildman–Crippen LogP) is 4.04. The number of para-hydroxylation sites is 1. The number of halogens is 1. The summed E-state index contributed by atoms with van der Waals surface area (Å²) in [4.78, 5) is 15.3. The molecule has 2 aromatic carbocycles. The molecule has 1 amide bonds. The molecule has 3 aromatic rings. The van der Waals surface area contributed by atoms with Crippen LogP contribution in [0, 0.1) is 12.7 Å². The third kappa shape index (κ3) is 4.86. The van der Waals surface area contributed by atoms with Crippen LogP contribution in [0.1, 0.15) is 22.5 Å². The highest BCUT2D eigenvalue weighted by molar-refractivity contribution is 5.97. The number of ether oxygens (including phenoxy) is 1. The van der Waals surface area contributed by atoms with E-state index in [0.717, 1.165) is 56.2 Å². The molecule has 1 fully saturated rings. The number of carbonyl (C=O) groups is 1. The molecule has 0 aliphatic carbocycles. The Kier molecular flexibility index (Phi) is 6.79. The summed E-state index contributed by atoms with van der Waals surface area (Å²) in [5.74, 6) is -0.456. The van der Waals surface area contributed by atoms with E-state index < -0.39 is 0 Å². The summed E-state index contributed by atoms with van der Waals surface area (Å²) in [5.41, 5.74) is 3.44. The Morgan fingerprint density at radius 1 is 1.06 bits per heavy atom. The average Bonchev–Trinajstić information content (AvgIpc) is 3.15. The lowest BCUT2D eigenvalue weighted by Crippen LogP contribution is -2.38. The van der Waals surface area contributed by atoms with Crippen molar-refractivity contribution in [2.45, 2.75) is 13.3 Å². The highest BCUT2D eigenvalue weighted by Gasteiger charge is 2.21. The number of hydrogen-bond acceptors (Lipinski definition) is 3. The number of morpholine rings is 1. The van der Waals surface area contributed by atoms with Gasteiger partial charge in [-0.1, -0.05) is 42.5 Å². The second-order valence-electron chi connectivity index (χ2n) is 7.74. The van der Waals surface area contributed by atoms with Gasteiger partial charge in [0.25, 0.3) is 5.91 Å². The van der Waals surface area contributed by atoms with Gasteiger partial charge in [-0.05, 0) is 43.7 Å². The van der Waals surface area contributed by atoms with Gasteiger partial charge in [0.1, 0.15) is 5.82 Å². The number of hydrogen-bond donors (Lipinski definition) is 1. The van der Waals surface area contributed by atoms with E-state index in [2.05, 4.69) is 10.2 Å². The van der Waals surface area contributed by atoms with Crippen molar-refractivity contribution in [2.24, 2.45) is 0 Å². The van der Waals surface area contributed by atoms with Crippen LogP contribution in [0.4, 0.5) is 4.39 Å². The van der Waals surface area contributed by atoms with Gasteiger partial charge in [0, 0.05) is 25.3 Å². The fraction of sp³-hybridized carbons (Fsp3) is 0.320. The molecule has 0 atom stereocenters. The molecule has 6 heteroatoms. The summed E-state index contributed by atoms with van der Waals surface area (Å²) in [6.07, 6.45) is 0.879. The van der Waals surface area contributed by atoms with E-state index in [4.69, 9.17) is 4.74 Å². The Morgan fingerprint density at radius 3 is 2.52 bits per heavy atom. The summed E-state index contributed by atoms with van der Waals surface area (Å²) in [5, 5.41) is 3.03. The van der Waals surface area contributed by atoms with Crippen LogP contribution >= 0.6 is 0 Å². The Morgan fingerprint density at radius 2 is 1.77 bits per heavy atom. The minimum absolute atomic E-state index is 0.133. The van der Waals surface area contributed by atoms with Crippen LogP contribution in [0.25, 0.3) is 16.9 Å². The Balaban J connectivity index is 1.55. The zero-order chi connectivity index (χ0) is 21.6. The van der Waals surface area contributed by atoms with E-state index in [1.165, 1.54) is 6.07 Å². The first kappa shape index (κ1) is 21.3. The largest absolute Gasteiger partial charge is 0.379 e. The van der Waals surface area contributed by atoms with Gasteiger partial charge in [0.15, 0.2) is 0 Å². The van der Waals surface area contributed by atoms with E-state index >= 15 is 0 Å². The minimum Gasteiger partial charge on any atom is -0.379 e. The number of nitrogens with zero attached hydrogens (tertiary/aromatic N) is 2. The maximum absolute atomic E-state index is 14.7. The first-order chi connectivity index (χ1) is 15.1. The van der Waals surface area contributed by atoms with Crippen molar-refractivity contribution in [3.05, 3.63) is 77.7 Å². The number of carbonyl (C=O) groups excluding carboxylic acids is 1. The molecule has 1 aliphatic rings. The molecular formula is C25H28FN3O2. The SMILES string of the molecule is Cc1c(C(=O)NCCCN2CCOCC2)cc(-c2ccccc2)n1-c1ccccc1F. The normalized spacial score (nSPS) is 14.5. The number of nitrogens with one attached hydrogen (secondary N) is 1. The van der Waals surface area contributed by atoms with E-state index in [1.807, 2.05) is 47.9 Å².